The second-order valence-corrected chi connectivity index (χ2v) is 5.17. The van der Waals surface area contributed by atoms with Crippen LogP contribution >= 0.6 is 0 Å². The van der Waals surface area contributed by atoms with Gasteiger partial charge in [-0.2, -0.15) is 0 Å². The third kappa shape index (κ3) is 6.07. The number of hydrogen-bond donors (Lipinski definition) is 3. The number of ether oxygens (including phenoxy) is 1. The van der Waals surface area contributed by atoms with E-state index >= 15 is 0 Å². The van der Waals surface area contributed by atoms with E-state index in [1.165, 1.54) is 12.1 Å². The van der Waals surface area contributed by atoms with Crippen molar-refractivity contribution in [1.29, 1.82) is 0 Å². The van der Waals surface area contributed by atoms with Gasteiger partial charge in [0.15, 0.2) is 23.4 Å². The minimum atomic E-state index is -4.82. The van der Waals surface area contributed by atoms with E-state index in [1.807, 2.05) is 5.32 Å². The second-order valence-electron chi connectivity index (χ2n) is 5.17. The molecule has 0 heterocycles. The number of benzene rings is 2. The van der Waals surface area contributed by atoms with Crippen molar-refractivity contribution in [1.82, 2.24) is 0 Å². The molecule has 0 atom stereocenters. The van der Waals surface area contributed by atoms with Crippen molar-refractivity contribution in [3.8, 4) is 5.75 Å². The van der Waals surface area contributed by atoms with Gasteiger partial charge in [0.2, 0.25) is 5.91 Å². The number of aliphatic imine (C=N–C) groups is 1. The smallest absolute Gasteiger partial charge is 0.406 e. The van der Waals surface area contributed by atoms with Crippen LogP contribution < -0.4 is 21.1 Å². The van der Waals surface area contributed by atoms with Gasteiger partial charge in [0.25, 0.3) is 0 Å². The summed E-state index contributed by atoms with van der Waals surface area (Å²) >= 11 is 0. The molecule has 2 rings (SSSR count). The molecule has 1 amide bonds. The summed E-state index contributed by atoms with van der Waals surface area (Å²) in [5.41, 5.74) is 5.20. The Morgan fingerprint density at radius 1 is 1.00 bits per heavy atom. The number of rotatable bonds is 5. The first kappa shape index (κ1) is 20.9. The highest BCUT2D eigenvalue weighted by Crippen LogP contribution is 2.24. The molecule has 12 heteroatoms. The Hall–Kier alpha value is -3.44. The summed E-state index contributed by atoms with van der Waals surface area (Å²) in [5, 5.41) is 4.50. The summed E-state index contributed by atoms with van der Waals surface area (Å²) in [4.78, 5) is 15.3. The lowest BCUT2D eigenvalue weighted by Gasteiger charge is -2.10. The van der Waals surface area contributed by atoms with Gasteiger partial charge < -0.3 is 21.1 Å². The van der Waals surface area contributed by atoms with Gasteiger partial charge in [-0.15, -0.1) is 13.2 Å². The molecule has 0 unspecified atom stereocenters. The number of halogens is 6. The molecule has 0 aliphatic rings. The van der Waals surface area contributed by atoms with Crippen LogP contribution in [0.5, 0.6) is 5.75 Å². The first-order valence-corrected chi connectivity index (χ1v) is 7.41. The van der Waals surface area contributed by atoms with Gasteiger partial charge in [-0.3, -0.25) is 4.79 Å². The maximum Gasteiger partial charge on any atom is 0.573 e. The third-order valence-corrected chi connectivity index (χ3v) is 3.06. The van der Waals surface area contributed by atoms with Crippen molar-refractivity contribution in [2.75, 3.05) is 17.2 Å². The van der Waals surface area contributed by atoms with Gasteiger partial charge in [-0.1, -0.05) is 0 Å². The van der Waals surface area contributed by atoms with E-state index in [-0.39, 0.29) is 11.6 Å². The van der Waals surface area contributed by atoms with Crippen LogP contribution in [0.4, 0.5) is 37.7 Å². The average molecular weight is 406 g/mol. The molecule has 0 fully saturated rings. The zero-order valence-electron chi connectivity index (χ0n) is 13.8. The Morgan fingerprint density at radius 3 is 2.25 bits per heavy atom. The minimum Gasteiger partial charge on any atom is -0.406 e. The summed E-state index contributed by atoms with van der Waals surface area (Å²) < 4.78 is 79.3. The molecular formula is C16H12F6N4O2. The quantitative estimate of drug-likeness (QED) is 0.308. The highest BCUT2D eigenvalue weighted by atomic mass is 19.4. The molecule has 6 nitrogen and oxygen atoms in total. The van der Waals surface area contributed by atoms with Crippen molar-refractivity contribution in [3.63, 3.8) is 0 Å². The average Bonchev–Trinajstić information content (AvgIpc) is 2.61. The lowest BCUT2D eigenvalue weighted by Crippen LogP contribution is -2.25. The van der Waals surface area contributed by atoms with Gasteiger partial charge in [0, 0.05) is 5.69 Å². The standard InChI is InChI=1S/C16H12F6N4O2/c17-10-5-6-11(14(19)13(10)18)26-12(27)7-24-15(23)25-8-1-3-9(4-2-8)28-16(20,21)22/h1-6H,7H2,(H,26,27)(H3,23,24,25). The van der Waals surface area contributed by atoms with E-state index in [1.54, 1.807) is 0 Å². The highest BCUT2D eigenvalue weighted by Gasteiger charge is 2.30. The number of carbonyl (C=O) groups is 1. The molecule has 0 saturated carbocycles. The number of guanidine groups is 1. The molecule has 2 aromatic carbocycles. The van der Waals surface area contributed by atoms with Crippen LogP contribution in [0.25, 0.3) is 0 Å². The molecule has 0 bridgehead atoms. The monoisotopic (exact) mass is 406 g/mol. The number of amides is 1. The summed E-state index contributed by atoms with van der Waals surface area (Å²) in [6, 6.07) is 5.98. The van der Waals surface area contributed by atoms with Crippen LogP contribution in [-0.2, 0) is 4.79 Å². The minimum absolute atomic E-state index is 0.253. The Bertz CT molecular complexity index is 884. The van der Waals surface area contributed by atoms with E-state index in [2.05, 4.69) is 15.0 Å². The number of nitrogens with two attached hydrogens (primary N) is 1. The molecule has 0 aliphatic heterocycles. The van der Waals surface area contributed by atoms with E-state index in [0.29, 0.717) is 6.07 Å². The zero-order valence-corrected chi connectivity index (χ0v) is 13.8. The number of hydrogen-bond acceptors (Lipinski definition) is 3. The van der Waals surface area contributed by atoms with Crippen LogP contribution in [0.1, 0.15) is 0 Å². The lowest BCUT2D eigenvalue weighted by molar-refractivity contribution is -0.274. The Labute approximate surface area is 154 Å². The molecule has 0 saturated heterocycles. The zero-order chi connectivity index (χ0) is 20.9. The SMILES string of the molecule is NC(=NCC(=O)Nc1ccc(F)c(F)c1F)Nc1ccc(OC(F)(F)F)cc1. The number of nitrogens with one attached hydrogen (secondary N) is 2. The second kappa shape index (κ2) is 8.50. The molecule has 150 valence electrons. The maximum atomic E-state index is 13.5. The van der Waals surface area contributed by atoms with E-state index in [0.717, 1.165) is 18.2 Å². The third-order valence-electron chi connectivity index (χ3n) is 3.06. The molecule has 0 aliphatic carbocycles. The Morgan fingerprint density at radius 2 is 1.64 bits per heavy atom. The van der Waals surface area contributed by atoms with Gasteiger partial charge in [-0.25, -0.2) is 18.2 Å². The summed E-state index contributed by atoms with van der Waals surface area (Å²) in [7, 11) is 0. The van der Waals surface area contributed by atoms with Crippen LogP contribution in [-0.4, -0.2) is 24.8 Å². The van der Waals surface area contributed by atoms with Crippen molar-refractivity contribution < 1.29 is 35.9 Å². The van der Waals surface area contributed by atoms with Crippen molar-refractivity contribution in [2.45, 2.75) is 6.36 Å². The first-order chi connectivity index (χ1) is 13.0. The van der Waals surface area contributed by atoms with Crippen LogP contribution in [0, 0.1) is 17.5 Å². The molecule has 28 heavy (non-hydrogen) atoms. The summed E-state index contributed by atoms with van der Waals surface area (Å²) in [5.74, 6) is -6.30. The van der Waals surface area contributed by atoms with Crippen molar-refractivity contribution in [3.05, 3.63) is 53.8 Å². The van der Waals surface area contributed by atoms with Gasteiger partial charge in [-0.05, 0) is 36.4 Å². The maximum absolute atomic E-state index is 13.5. The summed E-state index contributed by atoms with van der Waals surface area (Å²) in [6.07, 6.45) is -4.82. The van der Waals surface area contributed by atoms with Gasteiger partial charge in [0.1, 0.15) is 12.3 Å². The summed E-state index contributed by atoms with van der Waals surface area (Å²) in [6.45, 7) is -0.591. The fourth-order valence-corrected chi connectivity index (χ4v) is 1.90. The normalized spacial score (nSPS) is 11.9. The Kier molecular flexibility index (Phi) is 6.33. The first-order valence-electron chi connectivity index (χ1n) is 7.41. The number of carbonyl (C=O) groups excluding carboxylic acids is 1. The van der Waals surface area contributed by atoms with Crippen LogP contribution in [0.2, 0.25) is 0 Å². The molecular weight excluding hydrogens is 394 g/mol. The van der Waals surface area contributed by atoms with Crippen LogP contribution in [0.15, 0.2) is 41.4 Å². The molecule has 0 radical (unpaired) electrons. The molecule has 4 N–H and O–H groups in total. The number of alkyl halides is 3. The van der Waals surface area contributed by atoms with Crippen LogP contribution in [0.3, 0.4) is 0 Å². The van der Waals surface area contributed by atoms with Crippen molar-refractivity contribution >= 4 is 23.2 Å². The molecule has 0 aromatic heterocycles. The number of anilines is 2. The van der Waals surface area contributed by atoms with E-state index < -0.39 is 47.7 Å². The Balaban J connectivity index is 1.92. The predicted molar refractivity (Wildman–Crippen MR) is 88.2 cm³/mol. The fourth-order valence-electron chi connectivity index (χ4n) is 1.90. The lowest BCUT2D eigenvalue weighted by atomic mass is 10.3. The molecule has 0 spiro atoms. The number of nitrogens with zero attached hydrogens (tertiary/aromatic N) is 1. The topological polar surface area (TPSA) is 88.7 Å². The predicted octanol–water partition coefficient (Wildman–Crippen LogP) is 3.37. The highest BCUT2D eigenvalue weighted by molar-refractivity contribution is 5.97. The van der Waals surface area contributed by atoms with E-state index in [4.69, 9.17) is 5.73 Å². The van der Waals surface area contributed by atoms with Crippen molar-refractivity contribution in [2.24, 2.45) is 10.7 Å². The fraction of sp³-hybridized carbons (Fsp3) is 0.125. The largest absolute Gasteiger partial charge is 0.573 e. The molecule has 2 aromatic rings. The van der Waals surface area contributed by atoms with E-state index in [9.17, 15) is 31.1 Å². The van der Waals surface area contributed by atoms with Gasteiger partial charge in [0.05, 0.1) is 5.69 Å². The van der Waals surface area contributed by atoms with Gasteiger partial charge >= 0.3 is 6.36 Å².